The molecule has 0 aromatic carbocycles. The zero-order valence-electron chi connectivity index (χ0n) is 9.45. The number of ether oxygens (including phenoxy) is 1. The van der Waals surface area contributed by atoms with Gasteiger partial charge in [0.1, 0.15) is 0 Å². The highest BCUT2D eigenvalue weighted by Gasteiger charge is 2.27. The van der Waals surface area contributed by atoms with Crippen molar-refractivity contribution in [2.24, 2.45) is 5.92 Å². The molecule has 3 nitrogen and oxygen atoms in total. The number of nitrogens with one attached hydrogen (secondary N) is 1. The van der Waals surface area contributed by atoms with Gasteiger partial charge in [0.25, 0.3) is 0 Å². The van der Waals surface area contributed by atoms with E-state index in [-0.39, 0.29) is 6.10 Å². The van der Waals surface area contributed by atoms with Crippen molar-refractivity contribution in [3.63, 3.8) is 0 Å². The third kappa shape index (κ3) is 2.81. The van der Waals surface area contributed by atoms with Crippen molar-refractivity contribution < 1.29 is 4.74 Å². The lowest BCUT2D eigenvalue weighted by Crippen LogP contribution is -2.30. The number of halogens is 1. The lowest BCUT2D eigenvalue weighted by atomic mass is 9.90. The Kier molecular flexibility index (Phi) is 4.32. The molecule has 0 saturated carbocycles. The van der Waals surface area contributed by atoms with Crippen molar-refractivity contribution >= 4 is 15.9 Å². The van der Waals surface area contributed by atoms with E-state index in [1.165, 1.54) is 12.0 Å². The average molecular weight is 285 g/mol. The van der Waals surface area contributed by atoms with Gasteiger partial charge in [0.2, 0.25) is 0 Å². The second kappa shape index (κ2) is 5.75. The fraction of sp³-hybridized carbons (Fsp3) is 0.583. The molecule has 0 aliphatic carbocycles. The predicted octanol–water partition coefficient (Wildman–Crippen LogP) is 2.53. The highest BCUT2D eigenvalue weighted by Crippen LogP contribution is 2.33. The Balaban J connectivity index is 2.16. The molecule has 2 atom stereocenters. The lowest BCUT2D eigenvalue weighted by Gasteiger charge is -2.31. The number of aromatic nitrogens is 1. The van der Waals surface area contributed by atoms with E-state index < -0.39 is 0 Å². The van der Waals surface area contributed by atoms with Crippen LogP contribution in [0, 0.1) is 5.92 Å². The van der Waals surface area contributed by atoms with Crippen LogP contribution in [0.4, 0.5) is 0 Å². The van der Waals surface area contributed by atoms with Gasteiger partial charge < -0.3 is 10.1 Å². The summed E-state index contributed by atoms with van der Waals surface area (Å²) in [5, 5.41) is 3.24. The molecular formula is C12H17BrN2O. The standard InChI is InChI=1S/C12H17BrN2O/c1-14-6-9-3-2-4-16-12(9)10-5-11(13)8-15-7-10/h5,7-9,12,14H,2-4,6H2,1H3. The third-order valence-corrected chi connectivity index (χ3v) is 3.40. The fourth-order valence-corrected chi connectivity index (χ4v) is 2.65. The van der Waals surface area contributed by atoms with Crippen molar-refractivity contribution in [3.8, 4) is 0 Å². The quantitative estimate of drug-likeness (QED) is 0.926. The molecule has 1 N–H and O–H groups in total. The van der Waals surface area contributed by atoms with E-state index in [4.69, 9.17) is 4.74 Å². The summed E-state index contributed by atoms with van der Waals surface area (Å²) in [5.74, 6) is 0.551. The molecule has 2 rings (SSSR count). The van der Waals surface area contributed by atoms with Gasteiger partial charge in [-0.25, -0.2) is 0 Å². The van der Waals surface area contributed by atoms with Gasteiger partial charge in [-0.1, -0.05) is 0 Å². The number of pyridine rings is 1. The van der Waals surface area contributed by atoms with Crippen LogP contribution in [0.5, 0.6) is 0 Å². The molecule has 0 bridgehead atoms. The van der Waals surface area contributed by atoms with Crippen LogP contribution in [0.3, 0.4) is 0 Å². The van der Waals surface area contributed by atoms with Gasteiger partial charge in [-0.05, 0) is 41.9 Å². The predicted molar refractivity (Wildman–Crippen MR) is 67.3 cm³/mol. The van der Waals surface area contributed by atoms with E-state index in [0.717, 1.165) is 24.0 Å². The van der Waals surface area contributed by atoms with E-state index >= 15 is 0 Å². The van der Waals surface area contributed by atoms with Gasteiger partial charge in [-0.3, -0.25) is 4.98 Å². The molecule has 2 heterocycles. The SMILES string of the molecule is CNCC1CCCOC1c1cncc(Br)c1. The van der Waals surface area contributed by atoms with Gasteiger partial charge in [-0.2, -0.15) is 0 Å². The molecule has 1 saturated heterocycles. The maximum absolute atomic E-state index is 5.88. The zero-order valence-corrected chi connectivity index (χ0v) is 11.0. The Hall–Kier alpha value is -0.450. The van der Waals surface area contributed by atoms with Crippen molar-refractivity contribution in [2.75, 3.05) is 20.2 Å². The van der Waals surface area contributed by atoms with Gasteiger partial charge in [-0.15, -0.1) is 0 Å². The minimum Gasteiger partial charge on any atom is -0.373 e. The van der Waals surface area contributed by atoms with Crippen molar-refractivity contribution in [2.45, 2.75) is 18.9 Å². The Morgan fingerprint density at radius 1 is 1.56 bits per heavy atom. The summed E-state index contributed by atoms with van der Waals surface area (Å²) in [6.45, 7) is 1.86. The first-order chi connectivity index (χ1) is 7.81. The Labute approximate surface area is 105 Å². The second-order valence-corrected chi connectivity index (χ2v) is 5.10. The lowest BCUT2D eigenvalue weighted by molar-refractivity contribution is -0.0274. The molecule has 16 heavy (non-hydrogen) atoms. The average Bonchev–Trinajstić information content (AvgIpc) is 2.30. The molecule has 1 aromatic heterocycles. The van der Waals surface area contributed by atoms with E-state index in [2.05, 4.69) is 32.3 Å². The van der Waals surface area contributed by atoms with Gasteiger partial charge >= 0.3 is 0 Å². The van der Waals surface area contributed by atoms with E-state index in [9.17, 15) is 0 Å². The summed E-state index contributed by atoms with van der Waals surface area (Å²) >= 11 is 3.45. The Morgan fingerprint density at radius 2 is 2.44 bits per heavy atom. The smallest absolute Gasteiger partial charge is 0.0880 e. The summed E-state index contributed by atoms with van der Waals surface area (Å²) in [4.78, 5) is 4.21. The minimum atomic E-state index is 0.186. The van der Waals surface area contributed by atoms with E-state index in [0.29, 0.717) is 5.92 Å². The highest BCUT2D eigenvalue weighted by atomic mass is 79.9. The van der Waals surface area contributed by atoms with Crippen LogP contribution in [0.15, 0.2) is 22.9 Å². The maximum Gasteiger partial charge on any atom is 0.0880 e. The molecule has 0 radical (unpaired) electrons. The first-order valence-electron chi connectivity index (χ1n) is 5.68. The molecular weight excluding hydrogens is 268 g/mol. The molecule has 1 aromatic rings. The topological polar surface area (TPSA) is 34.1 Å². The summed E-state index contributed by atoms with van der Waals surface area (Å²) in [6, 6.07) is 2.10. The van der Waals surface area contributed by atoms with Crippen LogP contribution in [-0.2, 0) is 4.74 Å². The molecule has 0 amide bonds. The molecule has 4 heteroatoms. The fourth-order valence-electron chi connectivity index (χ4n) is 2.27. The van der Waals surface area contributed by atoms with Crippen LogP contribution in [0.2, 0.25) is 0 Å². The van der Waals surface area contributed by atoms with E-state index in [1.54, 1.807) is 6.20 Å². The minimum absolute atomic E-state index is 0.186. The number of hydrogen-bond donors (Lipinski definition) is 1. The van der Waals surface area contributed by atoms with Crippen molar-refractivity contribution in [3.05, 3.63) is 28.5 Å². The van der Waals surface area contributed by atoms with Gasteiger partial charge in [0.15, 0.2) is 0 Å². The summed E-state index contributed by atoms with van der Waals surface area (Å²) in [7, 11) is 1.99. The molecule has 2 unspecified atom stereocenters. The second-order valence-electron chi connectivity index (χ2n) is 4.19. The van der Waals surface area contributed by atoms with Crippen LogP contribution in [0.25, 0.3) is 0 Å². The molecule has 1 fully saturated rings. The van der Waals surface area contributed by atoms with Crippen LogP contribution >= 0.6 is 15.9 Å². The van der Waals surface area contributed by atoms with Crippen LogP contribution < -0.4 is 5.32 Å². The number of nitrogens with zero attached hydrogens (tertiary/aromatic N) is 1. The maximum atomic E-state index is 5.88. The van der Waals surface area contributed by atoms with Gasteiger partial charge in [0.05, 0.1) is 6.10 Å². The van der Waals surface area contributed by atoms with Crippen LogP contribution in [-0.4, -0.2) is 25.2 Å². The van der Waals surface area contributed by atoms with Crippen molar-refractivity contribution in [1.29, 1.82) is 0 Å². The van der Waals surface area contributed by atoms with Crippen LogP contribution in [0.1, 0.15) is 24.5 Å². The summed E-state index contributed by atoms with van der Waals surface area (Å²) < 4.78 is 6.90. The third-order valence-electron chi connectivity index (χ3n) is 2.97. The Morgan fingerprint density at radius 3 is 3.19 bits per heavy atom. The molecule has 0 spiro atoms. The number of hydrogen-bond acceptors (Lipinski definition) is 3. The van der Waals surface area contributed by atoms with E-state index in [1.807, 2.05) is 13.2 Å². The molecule has 1 aliphatic heterocycles. The normalized spacial score (nSPS) is 25.6. The molecule has 1 aliphatic rings. The number of rotatable bonds is 3. The van der Waals surface area contributed by atoms with Crippen molar-refractivity contribution in [1.82, 2.24) is 10.3 Å². The summed E-state index contributed by atoms with van der Waals surface area (Å²) in [5.41, 5.74) is 1.18. The largest absolute Gasteiger partial charge is 0.373 e. The first kappa shape index (κ1) is 12.0. The Bertz CT molecular complexity index is 344. The highest BCUT2D eigenvalue weighted by molar-refractivity contribution is 9.10. The molecule has 88 valence electrons. The summed E-state index contributed by atoms with van der Waals surface area (Å²) in [6.07, 6.45) is 6.27. The first-order valence-corrected chi connectivity index (χ1v) is 6.47. The monoisotopic (exact) mass is 284 g/mol. The zero-order chi connectivity index (χ0) is 11.4. The van der Waals surface area contributed by atoms with Gasteiger partial charge in [0, 0.05) is 41.5 Å².